The van der Waals surface area contributed by atoms with E-state index < -0.39 is 17.4 Å². The summed E-state index contributed by atoms with van der Waals surface area (Å²) in [5.74, 6) is -0.894. The molecule has 6 nitrogen and oxygen atoms in total. The Kier molecular flexibility index (Phi) is 5.16. The summed E-state index contributed by atoms with van der Waals surface area (Å²) in [6.45, 7) is 0.787. The number of hydrogen-bond donors (Lipinski definition) is 1. The van der Waals surface area contributed by atoms with E-state index in [1.807, 2.05) is 60.7 Å². The lowest BCUT2D eigenvalue weighted by molar-refractivity contribution is -0.148. The van der Waals surface area contributed by atoms with Crippen LogP contribution in [-0.4, -0.2) is 44.8 Å². The number of carboxylic acids is 1. The molecular formula is C23H23N3O3. The highest BCUT2D eigenvalue weighted by atomic mass is 16.4. The molecule has 1 unspecified atom stereocenters. The van der Waals surface area contributed by atoms with Crippen LogP contribution in [0.4, 0.5) is 0 Å². The molecule has 1 amide bonds. The first-order valence-electron chi connectivity index (χ1n) is 9.74. The van der Waals surface area contributed by atoms with Crippen molar-refractivity contribution < 1.29 is 14.7 Å². The monoisotopic (exact) mass is 389 g/mol. The van der Waals surface area contributed by atoms with Crippen LogP contribution < -0.4 is 0 Å². The first-order valence-corrected chi connectivity index (χ1v) is 9.74. The molecule has 0 bridgehead atoms. The lowest BCUT2D eigenvalue weighted by Gasteiger charge is -2.40. The highest BCUT2D eigenvalue weighted by molar-refractivity contribution is 5.85. The van der Waals surface area contributed by atoms with Crippen molar-refractivity contribution in [3.63, 3.8) is 0 Å². The highest BCUT2D eigenvalue weighted by Crippen LogP contribution is 2.36. The fourth-order valence-corrected chi connectivity index (χ4v) is 4.14. The molecule has 4 rings (SSSR count). The normalized spacial score (nSPS) is 16.9. The molecule has 0 radical (unpaired) electrons. The lowest BCUT2D eigenvalue weighted by Crippen LogP contribution is -2.50. The third kappa shape index (κ3) is 3.53. The molecule has 1 aliphatic rings. The number of amides is 1. The Morgan fingerprint density at radius 3 is 2.10 bits per heavy atom. The predicted octanol–water partition coefficient (Wildman–Crippen LogP) is 3.12. The van der Waals surface area contributed by atoms with Crippen LogP contribution in [0.15, 0.2) is 79.1 Å². The minimum absolute atomic E-state index is 0.0630. The zero-order valence-electron chi connectivity index (χ0n) is 16.0. The molecule has 3 aromatic rings. The molecule has 0 saturated carbocycles. The SMILES string of the molecule is O=C(C(c1ccccc1)n1cccn1)N1CCC(C(=O)O)(c2ccccc2)CC1. The van der Waals surface area contributed by atoms with Gasteiger partial charge in [-0.2, -0.15) is 5.10 Å². The van der Waals surface area contributed by atoms with Crippen LogP contribution in [0, 0.1) is 0 Å². The molecule has 6 heteroatoms. The Hall–Kier alpha value is -3.41. The minimum Gasteiger partial charge on any atom is -0.481 e. The van der Waals surface area contributed by atoms with Crippen LogP contribution in [0.5, 0.6) is 0 Å². The van der Waals surface area contributed by atoms with Gasteiger partial charge >= 0.3 is 5.97 Å². The van der Waals surface area contributed by atoms with Crippen molar-refractivity contribution in [2.45, 2.75) is 24.3 Å². The van der Waals surface area contributed by atoms with Crippen molar-refractivity contribution >= 4 is 11.9 Å². The van der Waals surface area contributed by atoms with E-state index in [4.69, 9.17) is 0 Å². The molecule has 1 aliphatic heterocycles. The van der Waals surface area contributed by atoms with Gasteiger partial charge in [-0.3, -0.25) is 14.3 Å². The van der Waals surface area contributed by atoms with E-state index in [1.165, 1.54) is 0 Å². The Morgan fingerprint density at radius 2 is 1.55 bits per heavy atom. The fraction of sp³-hybridized carbons (Fsp3) is 0.261. The van der Waals surface area contributed by atoms with E-state index in [0.717, 1.165) is 11.1 Å². The Bertz CT molecular complexity index is 963. The average Bonchev–Trinajstić information content (AvgIpc) is 3.29. The number of carbonyl (C=O) groups excluding carboxylic acids is 1. The Balaban J connectivity index is 1.58. The van der Waals surface area contributed by atoms with Crippen molar-refractivity contribution in [3.8, 4) is 0 Å². The maximum Gasteiger partial charge on any atom is 0.314 e. The van der Waals surface area contributed by atoms with Crippen molar-refractivity contribution in [3.05, 3.63) is 90.3 Å². The molecule has 1 N–H and O–H groups in total. The topological polar surface area (TPSA) is 75.4 Å². The molecule has 1 atom stereocenters. The van der Waals surface area contributed by atoms with Gasteiger partial charge in [0.25, 0.3) is 5.91 Å². The summed E-state index contributed by atoms with van der Waals surface area (Å²) in [4.78, 5) is 27.4. The van der Waals surface area contributed by atoms with Gasteiger partial charge < -0.3 is 10.0 Å². The number of nitrogens with zero attached hydrogens (tertiary/aromatic N) is 3. The second-order valence-electron chi connectivity index (χ2n) is 7.38. The maximum absolute atomic E-state index is 13.4. The number of aromatic nitrogens is 2. The van der Waals surface area contributed by atoms with Gasteiger partial charge in [0, 0.05) is 25.5 Å². The zero-order valence-corrected chi connectivity index (χ0v) is 16.0. The minimum atomic E-state index is -0.952. The molecule has 148 valence electrons. The second kappa shape index (κ2) is 7.91. The largest absolute Gasteiger partial charge is 0.481 e. The molecule has 1 saturated heterocycles. The van der Waals surface area contributed by atoms with Crippen molar-refractivity contribution in [2.24, 2.45) is 0 Å². The summed E-state index contributed by atoms with van der Waals surface area (Å²) in [5, 5.41) is 14.3. The summed E-state index contributed by atoms with van der Waals surface area (Å²) in [6, 6.07) is 20.1. The van der Waals surface area contributed by atoms with E-state index in [1.54, 1.807) is 28.0 Å². The number of carbonyl (C=O) groups is 2. The van der Waals surface area contributed by atoms with Gasteiger partial charge in [0.05, 0.1) is 5.41 Å². The Morgan fingerprint density at radius 1 is 0.931 bits per heavy atom. The van der Waals surface area contributed by atoms with E-state index in [9.17, 15) is 14.7 Å². The van der Waals surface area contributed by atoms with Crippen LogP contribution in [0.25, 0.3) is 0 Å². The standard InChI is InChI=1S/C23H23N3O3/c27-21(20(26-15-7-14-24-26)18-8-3-1-4-9-18)25-16-12-23(13-17-25,22(28)29)19-10-5-2-6-11-19/h1-11,14-15,20H,12-13,16-17H2,(H,28,29). The third-order valence-corrected chi connectivity index (χ3v) is 5.80. The highest BCUT2D eigenvalue weighted by Gasteiger charge is 2.44. The number of rotatable bonds is 5. The molecule has 1 aromatic heterocycles. The summed E-state index contributed by atoms with van der Waals surface area (Å²) in [7, 11) is 0. The number of benzene rings is 2. The predicted molar refractivity (Wildman–Crippen MR) is 108 cm³/mol. The third-order valence-electron chi connectivity index (χ3n) is 5.80. The lowest BCUT2D eigenvalue weighted by atomic mass is 9.72. The van der Waals surface area contributed by atoms with Gasteiger partial charge in [-0.25, -0.2) is 0 Å². The molecule has 2 aromatic carbocycles. The van der Waals surface area contributed by atoms with Crippen molar-refractivity contribution in [1.82, 2.24) is 14.7 Å². The van der Waals surface area contributed by atoms with Gasteiger partial charge in [-0.15, -0.1) is 0 Å². The molecule has 0 spiro atoms. The first kappa shape index (κ1) is 18.9. The van der Waals surface area contributed by atoms with Crippen molar-refractivity contribution in [1.29, 1.82) is 0 Å². The average molecular weight is 389 g/mol. The maximum atomic E-state index is 13.4. The van der Waals surface area contributed by atoms with Gasteiger partial charge in [0.15, 0.2) is 6.04 Å². The van der Waals surface area contributed by atoms with Crippen LogP contribution >= 0.6 is 0 Å². The van der Waals surface area contributed by atoms with E-state index >= 15 is 0 Å². The number of carboxylic acid groups (broad SMARTS) is 1. The zero-order chi connectivity index (χ0) is 20.3. The van der Waals surface area contributed by atoms with Crippen LogP contribution in [-0.2, 0) is 15.0 Å². The van der Waals surface area contributed by atoms with Crippen LogP contribution in [0.3, 0.4) is 0 Å². The number of aliphatic carboxylic acids is 1. The summed E-state index contributed by atoms with van der Waals surface area (Å²) in [6.07, 6.45) is 4.21. The van der Waals surface area contributed by atoms with Gasteiger partial charge in [0.1, 0.15) is 0 Å². The van der Waals surface area contributed by atoms with E-state index in [0.29, 0.717) is 25.9 Å². The molecule has 2 heterocycles. The quantitative estimate of drug-likeness (QED) is 0.728. The number of hydrogen-bond acceptors (Lipinski definition) is 3. The van der Waals surface area contributed by atoms with Crippen molar-refractivity contribution in [2.75, 3.05) is 13.1 Å². The number of likely N-dealkylation sites (tertiary alicyclic amines) is 1. The van der Waals surface area contributed by atoms with E-state index in [-0.39, 0.29) is 5.91 Å². The molecular weight excluding hydrogens is 366 g/mol. The molecule has 29 heavy (non-hydrogen) atoms. The van der Waals surface area contributed by atoms with E-state index in [2.05, 4.69) is 5.10 Å². The van der Waals surface area contributed by atoms with Gasteiger partial charge in [-0.1, -0.05) is 60.7 Å². The second-order valence-corrected chi connectivity index (χ2v) is 7.38. The van der Waals surface area contributed by atoms with Crippen LogP contribution in [0.1, 0.15) is 30.0 Å². The fourth-order valence-electron chi connectivity index (χ4n) is 4.14. The number of piperidine rings is 1. The van der Waals surface area contributed by atoms with Gasteiger partial charge in [-0.05, 0) is 30.0 Å². The smallest absolute Gasteiger partial charge is 0.314 e. The first-order chi connectivity index (χ1) is 14.1. The summed E-state index contributed by atoms with van der Waals surface area (Å²) >= 11 is 0. The Labute approximate surface area is 169 Å². The summed E-state index contributed by atoms with van der Waals surface area (Å²) < 4.78 is 1.66. The van der Waals surface area contributed by atoms with Gasteiger partial charge in [0.2, 0.25) is 0 Å². The molecule has 0 aliphatic carbocycles. The summed E-state index contributed by atoms with van der Waals surface area (Å²) in [5.41, 5.74) is 0.706. The van der Waals surface area contributed by atoms with Crippen LogP contribution in [0.2, 0.25) is 0 Å². The molecule has 1 fully saturated rings.